The first-order valence-electron chi connectivity index (χ1n) is 11.7. The van der Waals surface area contributed by atoms with E-state index in [2.05, 4.69) is 45.9 Å². The molecule has 0 aromatic rings. The third-order valence-electron chi connectivity index (χ3n) is 6.27. The van der Waals surface area contributed by atoms with Crippen molar-refractivity contribution in [1.29, 1.82) is 0 Å². The van der Waals surface area contributed by atoms with Gasteiger partial charge in [0.2, 0.25) is 0 Å². The number of carbonyl (C=O) groups is 2. The van der Waals surface area contributed by atoms with Crippen LogP contribution in [0.25, 0.3) is 0 Å². The molecule has 0 aromatic carbocycles. The van der Waals surface area contributed by atoms with Gasteiger partial charge in [-0.3, -0.25) is 9.59 Å². The normalized spacial score (nSPS) is 24.3. The lowest BCUT2D eigenvalue weighted by atomic mass is 9.76. The lowest BCUT2D eigenvalue weighted by Crippen LogP contribution is -2.29. The number of carboxylic acid groups (broad SMARTS) is 2. The van der Waals surface area contributed by atoms with Gasteiger partial charge in [-0.2, -0.15) is 0 Å². The molecule has 0 heterocycles. The predicted octanol–water partition coefficient (Wildman–Crippen LogP) is 7.64. The molecular formula is C28H42O4. The number of hydrogen-bond acceptors (Lipinski definition) is 2. The maximum atomic E-state index is 11.1. The molecule has 2 unspecified atom stereocenters. The molecule has 0 spiro atoms. The Morgan fingerprint density at radius 1 is 0.938 bits per heavy atom. The SMILES string of the molecule is CC(C)=CCCC1=CC=CC(C)(C(=O)O)C1.CC(C)=CCCC1=CCC(C)(C(=O)O)CC1. The monoisotopic (exact) mass is 442 g/mol. The Morgan fingerprint density at radius 3 is 1.94 bits per heavy atom. The number of rotatable bonds is 8. The molecule has 2 aliphatic rings. The van der Waals surface area contributed by atoms with Gasteiger partial charge in [0, 0.05) is 0 Å². The van der Waals surface area contributed by atoms with Crippen molar-refractivity contribution in [2.45, 2.75) is 92.9 Å². The third-order valence-corrected chi connectivity index (χ3v) is 6.27. The van der Waals surface area contributed by atoms with Gasteiger partial charge < -0.3 is 10.2 Å². The Kier molecular flexibility index (Phi) is 10.9. The summed E-state index contributed by atoms with van der Waals surface area (Å²) in [6, 6.07) is 0. The molecule has 0 aliphatic heterocycles. The fraction of sp³-hybridized carbons (Fsp3) is 0.571. The highest BCUT2D eigenvalue weighted by molar-refractivity contribution is 5.77. The summed E-state index contributed by atoms with van der Waals surface area (Å²) < 4.78 is 0. The van der Waals surface area contributed by atoms with E-state index in [4.69, 9.17) is 10.2 Å². The van der Waals surface area contributed by atoms with Crippen LogP contribution in [-0.2, 0) is 9.59 Å². The highest BCUT2D eigenvalue weighted by Gasteiger charge is 2.34. The first-order chi connectivity index (χ1) is 14.9. The van der Waals surface area contributed by atoms with Crippen molar-refractivity contribution in [3.8, 4) is 0 Å². The summed E-state index contributed by atoms with van der Waals surface area (Å²) >= 11 is 0. The average Bonchev–Trinajstić information content (AvgIpc) is 2.69. The number of carboxylic acids is 2. The quantitative estimate of drug-likeness (QED) is 0.379. The molecule has 0 bridgehead atoms. The zero-order valence-electron chi connectivity index (χ0n) is 20.8. The van der Waals surface area contributed by atoms with Crippen molar-refractivity contribution < 1.29 is 19.8 Å². The molecule has 4 heteroatoms. The molecule has 178 valence electrons. The fourth-order valence-electron chi connectivity index (χ4n) is 3.83. The van der Waals surface area contributed by atoms with Crippen LogP contribution >= 0.6 is 0 Å². The Morgan fingerprint density at radius 2 is 1.50 bits per heavy atom. The van der Waals surface area contributed by atoms with Crippen LogP contribution in [0, 0.1) is 10.8 Å². The maximum Gasteiger partial charge on any atom is 0.313 e. The van der Waals surface area contributed by atoms with E-state index in [0.29, 0.717) is 12.8 Å². The van der Waals surface area contributed by atoms with Crippen LogP contribution in [0.15, 0.2) is 58.7 Å². The van der Waals surface area contributed by atoms with Crippen LogP contribution in [-0.4, -0.2) is 22.2 Å². The predicted molar refractivity (Wildman–Crippen MR) is 133 cm³/mol. The lowest BCUT2D eigenvalue weighted by Gasteiger charge is -2.28. The minimum absolute atomic E-state index is 0.528. The maximum absolute atomic E-state index is 11.1. The van der Waals surface area contributed by atoms with E-state index < -0.39 is 22.8 Å². The molecular weight excluding hydrogens is 400 g/mol. The van der Waals surface area contributed by atoms with E-state index >= 15 is 0 Å². The molecule has 0 amide bonds. The minimum Gasteiger partial charge on any atom is -0.481 e. The molecule has 0 aromatic heterocycles. The Labute approximate surface area is 194 Å². The lowest BCUT2D eigenvalue weighted by molar-refractivity contribution is -0.148. The van der Waals surface area contributed by atoms with Crippen LogP contribution in [0.2, 0.25) is 0 Å². The van der Waals surface area contributed by atoms with Gasteiger partial charge in [0.05, 0.1) is 10.8 Å². The van der Waals surface area contributed by atoms with E-state index in [0.717, 1.165) is 38.5 Å². The van der Waals surface area contributed by atoms with Crippen LogP contribution in [0.3, 0.4) is 0 Å². The van der Waals surface area contributed by atoms with Crippen LogP contribution in [0.4, 0.5) is 0 Å². The highest BCUT2D eigenvalue weighted by atomic mass is 16.4. The summed E-state index contributed by atoms with van der Waals surface area (Å²) in [5.74, 6) is -1.40. The Bertz CT molecular complexity index is 816. The van der Waals surface area contributed by atoms with Gasteiger partial charge in [0.1, 0.15) is 0 Å². The van der Waals surface area contributed by atoms with Crippen molar-refractivity contribution in [3.63, 3.8) is 0 Å². The van der Waals surface area contributed by atoms with Gasteiger partial charge in [0.15, 0.2) is 0 Å². The molecule has 2 aliphatic carbocycles. The zero-order chi connectivity index (χ0) is 24.4. The fourth-order valence-corrected chi connectivity index (χ4v) is 3.83. The van der Waals surface area contributed by atoms with Gasteiger partial charge in [-0.15, -0.1) is 0 Å². The van der Waals surface area contributed by atoms with Crippen molar-refractivity contribution in [2.75, 3.05) is 0 Å². The molecule has 4 nitrogen and oxygen atoms in total. The molecule has 0 fully saturated rings. The van der Waals surface area contributed by atoms with Crippen molar-refractivity contribution >= 4 is 11.9 Å². The molecule has 2 rings (SSSR count). The summed E-state index contributed by atoms with van der Waals surface area (Å²) in [5, 5.41) is 18.2. The Hall–Kier alpha value is -2.36. The van der Waals surface area contributed by atoms with E-state index in [9.17, 15) is 9.59 Å². The van der Waals surface area contributed by atoms with Gasteiger partial charge in [-0.25, -0.2) is 0 Å². The molecule has 0 radical (unpaired) electrons. The van der Waals surface area contributed by atoms with E-state index in [-0.39, 0.29) is 0 Å². The molecule has 2 atom stereocenters. The van der Waals surface area contributed by atoms with Gasteiger partial charge in [-0.1, -0.05) is 58.7 Å². The molecule has 2 N–H and O–H groups in total. The van der Waals surface area contributed by atoms with Gasteiger partial charge in [0.25, 0.3) is 0 Å². The van der Waals surface area contributed by atoms with E-state index in [1.165, 1.54) is 22.3 Å². The zero-order valence-corrected chi connectivity index (χ0v) is 20.8. The minimum atomic E-state index is -0.739. The molecule has 0 saturated carbocycles. The van der Waals surface area contributed by atoms with E-state index in [1.54, 1.807) is 13.0 Å². The molecule has 32 heavy (non-hydrogen) atoms. The average molecular weight is 443 g/mol. The van der Waals surface area contributed by atoms with Crippen LogP contribution in [0.5, 0.6) is 0 Å². The summed E-state index contributed by atoms with van der Waals surface area (Å²) in [7, 11) is 0. The van der Waals surface area contributed by atoms with Crippen LogP contribution < -0.4 is 0 Å². The second-order valence-corrected chi connectivity index (χ2v) is 10.2. The number of allylic oxidation sites excluding steroid dienone is 9. The largest absolute Gasteiger partial charge is 0.481 e. The smallest absolute Gasteiger partial charge is 0.313 e. The van der Waals surface area contributed by atoms with Crippen molar-refractivity contribution in [3.05, 3.63) is 58.7 Å². The van der Waals surface area contributed by atoms with Gasteiger partial charge in [-0.05, 0) is 92.9 Å². The summed E-state index contributed by atoms with van der Waals surface area (Å²) in [6.07, 6.45) is 19.4. The third kappa shape index (κ3) is 9.42. The number of hydrogen-bond donors (Lipinski definition) is 2. The first kappa shape index (κ1) is 27.7. The van der Waals surface area contributed by atoms with Crippen LogP contribution in [0.1, 0.15) is 92.9 Å². The second kappa shape index (κ2) is 12.6. The summed E-state index contributed by atoms with van der Waals surface area (Å²) in [6.45, 7) is 12.0. The standard InChI is InChI=1S/C14H20O2.C14H22O2/c1-11(2)6-4-7-12-8-5-9-14(3,10-12)13(15)16;1-11(2)5-4-6-12-7-9-14(3,10-8-12)13(15)16/h5-6,8-9H,4,7,10H2,1-3H3,(H,15,16);5,7H,4,6,8-10H2,1-3H3,(H,15,16). The van der Waals surface area contributed by atoms with Crippen molar-refractivity contribution in [1.82, 2.24) is 0 Å². The summed E-state index contributed by atoms with van der Waals surface area (Å²) in [5.41, 5.74) is 4.08. The first-order valence-corrected chi connectivity index (χ1v) is 11.7. The van der Waals surface area contributed by atoms with Gasteiger partial charge >= 0.3 is 11.9 Å². The topological polar surface area (TPSA) is 74.6 Å². The van der Waals surface area contributed by atoms with E-state index in [1.807, 2.05) is 19.1 Å². The highest BCUT2D eigenvalue weighted by Crippen LogP contribution is 2.36. The molecule has 0 saturated heterocycles. The summed E-state index contributed by atoms with van der Waals surface area (Å²) in [4.78, 5) is 22.2. The Balaban J connectivity index is 0.000000320. The second-order valence-electron chi connectivity index (χ2n) is 10.2. The number of aliphatic carboxylic acids is 2. The van der Waals surface area contributed by atoms with Crippen molar-refractivity contribution in [2.24, 2.45) is 10.8 Å².